The number of esters is 2. The Morgan fingerprint density at radius 1 is 0.537 bits per heavy atom. The van der Waals surface area contributed by atoms with Crippen LogP contribution >= 0.6 is 0 Å². The average Bonchev–Trinajstić information content (AvgIpc) is 3.15. The standard InChI is InChI=1S/C45H92N4O4S/c1-4-7-10-13-16-25-32-42-52-44(50)36-28-21-17-23-30-39-49(41-33-38-48-54(46)47)40-31-24-18-22-29-37-45(51)53-43(34-26-19-14-11-8-5-2)35-27-20-15-12-9-6-3/h43H,4-42H2,1-3H3,(H4,46,47,48). The topological polar surface area (TPSA) is 118 Å². The van der Waals surface area contributed by atoms with E-state index in [1.807, 2.05) is 0 Å². The van der Waals surface area contributed by atoms with Gasteiger partial charge >= 0.3 is 11.9 Å². The van der Waals surface area contributed by atoms with E-state index in [0.29, 0.717) is 19.4 Å². The number of nitrogens with two attached hydrogens (primary N) is 1. The van der Waals surface area contributed by atoms with E-state index < -0.39 is 11.1 Å². The highest BCUT2D eigenvalue weighted by molar-refractivity contribution is 7.81. The van der Waals surface area contributed by atoms with E-state index in [-0.39, 0.29) is 18.0 Å². The minimum Gasteiger partial charge on any atom is -0.466 e. The highest BCUT2D eigenvalue weighted by Crippen LogP contribution is 2.18. The number of rotatable bonds is 44. The lowest BCUT2D eigenvalue weighted by Crippen LogP contribution is -2.31. The maximum absolute atomic E-state index is 12.8. The minimum absolute atomic E-state index is 0.0171. The summed E-state index contributed by atoms with van der Waals surface area (Å²) in [7, 11) is 0. The van der Waals surface area contributed by atoms with Crippen LogP contribution in [0, 0.1) is 4.78 Å². The molecular weight excluding hydrogens is 693 g/mol. The number of carbonyl (C=O) groups is 2. The van der Waals surface area contributed by atoms with Crippen molar-refractivity contribution in [2.24, 2.45) is 5.14 Å². The molecule has 0 aliphatic heterocycles. The van der Waals surface area contributed by atoms with Gasteiger partial charge in [-0.05, 0) is 83.8 Å². The summed E-state index contributed by atoms with van der Waals surface area (Å²) in [5.41, 5.74) is 0. The Hall–Kier alpha value is -1.03. The normalized spacial score (nSPS) is 12.2. The number of nitrogens with zero attached hydrogens (tertiary/aromatic N) is 1. The zero-order valence-corrected chi connectivity index (χ0v) is 37.0. The third kappa shape index (κ3) is 40.6. The van der Waals surface area contributed by atoms with Crippen LogP contribution in [0.5, 0.6) is 0 Å². The summed E-state index contributed by atoms with van der Waals surface area (Å²) >= 11 is -0.958. The predicted molar refractivity (Wildman–Crippen MR) is 234 cm³/mol. The van der Waals surface area contributed by atoms with Crippen LogP contribution in [-0.2, 0) is 30.1 Å². The molecule has 0 rings (SSSR count). The van der Waals surface area contributed by atoms with E-state index in [1.165, 1.54) is 141 Å². The van der Waals surface area contributed by atoms with Crippen molar-refractivity contribution in [3.8, 4) is 0 Å². The fourth-order valence-corrected chi connectivity index (χ4v) is 7.58. The molecule has 1 atom stereocenters. The number of carbonyl (C=O) groups excluding carboxylic acids is 2. The second-order valence-electron chi connectivity index (χ2n) is 16.0. The Balaban J connectivity index is 4.23. The van der Waals surface area contributed by atoms with Crippen LogP contribution in [0.15, 0.2) is 0 Å². The van der Waals surface area contributed by atoms with Gasteiger partial charge in [-0.1, -0.05) is 162 Å². The first-order valence-corrected chi connectivity index (χ1v) is 24.7. The van der Waals surface area contributed by atoms with E-state index in [1.54, 1.807) is 0 Å². The lowest BCUT2D eigenvalue weighted by molar-refractivity contribution is -0.150. The molecule has 0 aromatic heterocycles. The van der Waals surface area contributed by atoms with Crippen molar-refractivity contribution in [1.29, 1.82) is 4.78 Å². The maximum Gasteiger partial charge on any atom is 0.306 e. The molecule has 0 spiro atoms. The number of hydrogen-bond donors (Lipinski definition) is 3. The van der Waals surface area contributed by atoms with Crippen molar-refractivity contribution in [3.63, 3.8) is 0 Å². The molecule has 8 nitrogen and oxygen atoms in total. The highest BCUT2D eigenvalue weighted by atomic mass is 32.2. The zero-order valence-electron chi connectivity index (χ0n) is 36.2. The molecule has 0 saturated carbocycles. The summed E-state index contributed by atoms with van der Waals surface area (Å²) in [4.78, 5) is 27.4. The number of unbranched alkanes of at least 4 members (excludes halogenated alkanes) is 24. The van der Waals surface area contributed by atoms with Crippen LogP contribution in [0.2, 0.25) is 0 Å². The van der Waals surface area contributed by atoms with Crippen molar-refractivity contribution in [2.45, 2.75) is 245 Å². The van der Waals surface area contributed by atoms with E-state index in [4.69, 9.17) is 19.4 Å². The molecule has 1 unspecified atom stereocenters. The van der Waals surface area contributed by atoms with Gasteiger partial charge in [0.25, 0.3) is 0 Å². The lowest BCUT2D eigenvalue weighted by atomic mass is 10.0. The average molecular weight is 785 g/mol. The fourth-order valence-electron chi connectivity index (χ4n) is 7.22. The number of ether oxygens (including phenoxy) is 2. The molecule has 9 heteroatoms. The molecule has 0 amide bonds. The van der Waals surface area contributed by atoms with E-state index in [9.17, 15) is 9.59 Å². The molecule has 0 aromatic carbocycles. The lowest BCUT2D eigenvalue weighted by Gasteiger charge is -2.22. The quantitative estimate of drug-likeness (QED) is 0.0416. The van der Waals surface area contributed by atoms with Gasteiger partial charge in [0.1, 0.15) is 6.10 Å². The summed E-state index contributed by atoms with van der Waals surface area (Å²) in [6.45, 7) is 11.4. The van der Waals surface area contributed by atoms with Gasteiger partial charge in [0, 0.05) is 30.4 Å². The van der Waals surface area contributed by atoms with Crippen LogP contribution < -0.4 is 9.86 Å². The monoisotopic (exact) mass is 785 g/mol. The predicted octanol–water partition coefficient (Wildman–Crippen LogP) is 12.8. The van der Waals surface area contributed by atoms with Gasteiger partial charge < -0.3 is 14.4 Å². The summed E-state index contributed by atoms with van der Waals surface area (Å²) in [6.07, 6.45) is 39.4. The molecule has 0 bridgehead atoms. The first-order chi connectivity index (χ1) is 26.4. The third-order valence-electron chi connectivity index (χ3n) is 10.7. The molecule has 0 aliphatic rings. The van der Waals surface area contributed by atoms with E-state index >= 15 is 0 Å². The molecule has 0 aliphatic carbocycles. The van der Waals surface area contributed by atoms with Crippen LogP contribution in [0.25, 0.3) is 0 Å². The number of nitrogens with one attached hydrogen (secondary N) is 2. The Kier molecular flexibility index (Phi) is 42.3. The molecule has 0 fully saturated rings. The Morgan fingerprint density at radius 3 is 1.41 bits per heavy atom. The summed E-state index contributed by atoms with van der Waals surface area (Å²) in [5.74, 6) is -0.0107. The molecule has 0 saturated heterocycles. The second kappa shape index (κ2) is 43.1. The number of hydrogen-bond acceptors (Lipinski definition) is 6. The van der Waals surface area contributed by atoms with Gasteiger partial charge in [0.05, 0.1) is 6.61 Å². The Morgan fingerprint density at radius 2 is 0.926 bits per heavy atom. The summed E-state index contributed by atoms with van der Waals surface area (Å²) < 4.78 is 22.1. The van der Waals surface area contributed by atoms with Crippen molar-refractivity contribution < 1.29 is 19.1 Å². The summed E-state index contributed by atoms with van der Waals surface area (Å²) in [6, 6.07) is 0. The first-order valence-electron chi connectivity index (χ1n) is 23.4. The van der Waals surface area contributed by atoms with Gasteiger partial charge in [0.2, 0.25) is 0 Å². The SMILES string of the molecule is CCCCCCCCCOC(=O)CCCCCCCN(CCCCCCCC(=O)OC(CCCCCCCC)CCCCCCCC)CCCNS(=N)N. The molecular formula is C45H92N4O4S. The highest BCUT2D eigenvalue weighted by Gasteiger charge is 2.14. The van der Waals surface area contributed by atoms with Crippen LogP contribution in [-0.4, -0.2) is 55.7 Å². The van der Waals surface area contributed by atoms with Crippen LogP contribution in [0.1, 0.15) is 239 Å². The minimum atomic E-state index is -0.958. The van der Waals surface area contributed by atoms with E-state index in [0.717, 1.165) is 90.4 Å². The van der Waals surface area contributed by atoms with Crippen molar-refractivity contribution in [3.05, 3.63) is 0 Å². The van der Waals surface area contributed by atoms with Crippen LogP contribution in [0.3, 0.4) is 0 Å². The van der Waals surface area contributed by atoms with Gasteiger partial charge in [-0.15, -0.1) is 0 Å². The van der Waals surface area contributed by atoms with Gasteiger partial charge in [-0.3, -0.25) is 19.5 Å². The van der Waals surface area contributed by atoms with Crippen molar-refractivity contribution in [1.82, 2.24) is 9.62 Å². The molecule has 0 radical (unpaired) electrons. The molecule has 4 N–H and O–H groups in total. The van der Waals surface area contributed by atoms with Gasteiger partial charge in [0.15, 0.2) is 0 Å². The zero-order chi connectivity index (χ0) is 39.6. The summed E-state index contributed by atoms with van der Waals surface area (Å²) in [5, 5.41) is 5.59. The Labute approximate surface area is 338 Å². The second-order valence-corrected chi connectivity index (χ2v) is 17.0. The maximum atomic E-state index is 12.8. The third-order valence-corrected chi connectivity index (χ3v) is 11.2. The van der Waals surface area contributed by atoms with Gasteiger partial charge in [-0.2, -0.15) is 0 Å². The molecule has 0 aromatic rings. The molecule has 0 heterocycles. The van der Waals surface area contributed by atoms with E-state index in [2.05, 4.69) is 30.4 Å². The smallest absolute Gasteiger partial charge is 0.306 e. The van der Waals surface area contributed by atoms with Crippen molar-refractivity contribution >= 4 is 23.0 Å². The first kappa shape index (κ1) is 53.0. The fraction of sp³-hybridized carbons (Fsp3) is 0.956. The molecule has 322 valence electrons. The van der Waals surface area contributed by atoms with Crippen molar-refractivity contribution in [2.75, 3.05) is 32.8 Å². The Bertz CT molecular complexity index is 817. The largest absolute Gasteiger partial charge is 0.466 e. The molecule has 54 heavy (non-hydrogen) atoms. The van der Waals surface area contributed by atoms with Crippen LogP contribution in [0.4, 0.5) is 0 Å². The van der Waals surface area contributed by atoms with Gasteiger partial charge in [-0.25, -0.2) is 4.72 Å².